The summed E-state index contributed by atoms with van der Waals surface area (Å²) in [6, 6.07) is 6.66. The van der Waals surface area contributed by atoms with Crippen molar-refractivity contribution >= 4 is 27.2 Å². The molecule has 2 N–H and O–H groups in total. The standard InChI is InChI=1S/C13H17N3O2S2/c1-9-4-5-12(19-9)10(2)16-20(17,18)11-6-7-15-13(8-11)14-3/h4-8,10,16H,1-3H3,(H,14,15). The van der Waals surface area contributed by atoms with Crippen LogP contribution in [-0.2, 0) is 10.0 Å². The molecule has 0 aliphatic rings. The maximum Gasteiger partial charge on any atom is 0.241 e. The number of anilines is 1. The third kappa shape index (κ3) is 3.36. The molecule has 1 atom stereocenters. The summed E-state index contributed by atoms with van der Waals surface area (Å²) in [5.41, 5.74) is 0. The number of pyridine rings is 1. The van der Waals surface area contributed by atoms with E-state index in [1.807, 2.05) is 26.0 Å². The summed E-state index contributed by atoms with van der Waals surface area (Å²) in [6.45, 7) is 3.83. The van der Waals surface area contributed by atoms with Crippen LogP contribution in [0.2, 0.25) is 0 Å². The quantitative estimate of drug-likeness (QED) is 0.890. The first kappa shape index (κ1) is 15.0. The van der Waals surface area contributed by atoms with Gasteiger partial charge in [0.05, 0.1) is 10.9 Å². The van der Waals surface area contributed by atoms with Gasteiger partial charge in [0, 0.05) is 29.1 Å². The molecule has 2 heterocycles. The molecular formula is C13H17N3O2S2. The molecule has 7 heteroatoms. The van der Waals surface area contributed by atoms with Gasteiger partial charge in [-0.15, -0.1) is 11.3 Å². The lowest BCUT2D eigenvalue weighted by Crippen LogP contribution is -2.26. The van der Waals surface area contributed by atoms with E-state index in [2.05, 4.69) is 15.0 Å². The van der Waals surface area contributed by atoms with Crippen LogP contribution in [-0.4, -0.2) is 20.4 Å². The van der Waals surface area contributed by atoms with Crippen molar-refractivity contribution in [2.75, 3.05) is 12.4 Å². The van der Waals surface area contributed by atoms with Gasteiger partial charge >= 0.3 is 0 Å². The average molecular weight is 311 g/mol. The van der Waals surface area contributed by atoms with Crippen molar-refractivity contribution in [3.05, 3.63) is 40.2 Å². The highest BCUT2D eigenvalue weighted by Gasteiger charge is 2.19. The summed E-state index contributed by atoms with van der Waals surface area (Å²) in [5.74, 6) is 0.521. The van der Waals surface area contributed by atoms with E-state index < -0.39 is 10.0 Å². The maximum atomic E-state index is 12.3. The number of nitrogens with zero attached hydrogens (tertiary/aromatic N) is 1. The summed E-state index contributed by atoms with van der Waals surface area (Å²) < 4.78 is 27.3. The molecule has 108 valence electrons. The fourth-order valence-corrected chi connectivity index (χ4v) is 3.95. The van der Waals surface area contributed by atoms with E-state index in [0.29, 0.717) is 5.82 Å². The molecule has 0 aliphatic heterocycles. The molecule has 1 unspecified atom stereocenters. The first-order valence-electron chi connectivity index (χ1n) is 6.15. The molecule has 0 bridgehead atoms. The smallest absolute Gasteiger partial charge is 0.241 e. The zero-order valence-electron chi connectivity index (χ0n) is 11.5. The summed E-state index contributed by atoms with van der Waals surface area (Å²) in [7, 11) is -1.86. The van der Waals surface area contributed by atoms with Crippen LogP contribution < -0.4 is 10.0 Å². The van der Waals surface area contributed by atoms with Crippen molar-refractivity contribution in [2.45, 2.75) is 24.8 Å². The van der Waals surface area contributed by atoms with Gasteiger partial charge in [0.1, 0.15) is 5.82 Å². The molecule has 0 aliphatic carbocycles. The molecular weight excluding hydrogens is 294 g/mol. The molecule has 0 amide bonds. The fourth-order valence-electron chi connectivity index (χ4n) is 1.76. The zero-order chi connectivity index (χ0) is 14.8. The van der Waals surface area contributed by atoms with Gasteiger partial charge in [-0.25, -0.2) is 18.1 Å². The first-order valence-corrected chi connectivity index (χ1v) is 8.45. The Hall–Kier alpha value is -1.44. The van der Waals surface area contributed by atoms with Crippen LogP contribution in [0.5, 0.6) is 0 Å². The average Bonchev–Trinajstić information content (AvgIpc) is 2.85. The van der Waals surface area contributed by atoms with E-state index in [1.54, 1.807) is 18.4 Å². The number of rotatable bonds is 5. The molecule has 2 rings (SSSR count). The van der Waals surface area contributed by atoms with Crippen LogP contribution in [0.1, 0.15) is 22.7 Å². The van der Waals surface area contributed by atoms with Gasteiger partial charge in [0.15, 0.2) is 0 Å². The normalized spacial score (nSPS) is 13.2. The Bertz CT molecular complexity index is 695. The van der Waals surface area contributed by atoms with Gasteiger partial charge in [0.2, 0.25) is 10.0 Å². The fraction of sp³-hybridized carbons (Fsp3) is 0.308. The molecule has 2 aromatic heterocycles. The van der Waals surface area contributed by atoms with E-state index in [1.165, 1.54) is 18.3 Å². The van der Waals surface area contributed by atoms with Crippen LogP contribution in [0.25, 0.3) is 0 Å². The Morgan fingerprint density at radius 3 is 2.65 bits per heavy atom. The van der Waals surface area contributed by atoms with Gasteiger partial charge < -0.3 is 5.32 Å². The van der Waals surface area contributed by atoms with Gasteiger partial charge in [0.25, 0.3) is 0 Å². The lowest BCUT2D eigenvalue weighted by atomic mass is 10.3. The second-order valence-corrected chi connectivity index (χ2v) is 7.45. The molecule has 5 nitrogen and oxygen atoms in total. The van der Waals surface area contributed by atoms with E-state index in [9.17, 15) is 8.42 Å². The molecule has 0 radical (unpaired) electrons. The van der Waals surface area contributed by atoms with Gasteiger partial charge in [-0.3, -0.25) is 0 Å². The second-order valence-electron chi connectivity index (χ2n) is 4.42. The van der Waals surface area contributed by atoms with Crippen LogP contribution in [0.3, 0.4) is 0 Å². The van der Waals surface area contributed by atoms with Crippen LogP contribution in [0.15, 0.2) is 35.4 Å². The van der Waals surface area contributed by atoms with E-state index >= 15 is 0 Å². The van der Waals surface area contributed by atoms with Crippen molar-refractivity contribution in [1.29, 1.82) is 0 Å². The minimum absolute atomic E-state index is 0.206. The van der Waals surface area contributed by atoms with Crippen molar-refractivity contribution in [3.8, 4) is 0 Å². The predicted octanol–water partition coefficient (Wildman–Crippen LogP) is 2.53. The minimum Gasteiger partial charge on any atom is -0.373 e. The Balaban J connectivity index is 2.22. The highest BCUT2D eigenvalue weighted by Crippen LogP contribution is 2.24. The number of aromatic nitrogens is 1. The molecule has 2 aromatic rings. The lowest BCUT2D eigenvalue weighted by Gasteiger charge is -2.13. The molecule has 0 fully saturated rings. The molecule has 0 saturated carbocycles. The summed E-state index contributed by atoms with van der Waals surface area (Å²) in [5, 5.41) is 2.83. The highest BCUT2D eigenvalue weighted by atomic mass is 32.2. The van der Waals surface area contributed by atoms with Gasteiger partial charge in [-0.2, -0.15) is 0 Å². The Morgan fingerprint density at radius 1 is 1.30 bits per heavy atom. The SMILES string of the molecule is CNc1cc(S(=O)(=O)NC(C)c2ccc(C)s2)ccn1. The topological polar surface area (TPSA) is 71.1 Å². The Labute approximate surface area is 123 Å². The number of hydrogen-bond acceptors (Lipinski definition) is 5. The summed E-state index contributed by atoms with van der Waals surface area (Å²) in [6.07, 6.45) is 1.47. The molecule has 20 heavy (non-hydrogen) atoms. The van der Waals surface area contributed by atoms with E-state index in [-0.39, 0.29) is 10.9 Å². The highest BCUT2D eigenvalue weighted by molar-refractivity contribution is 7.89. The number of thiophene rings is 1. The van der Waals surface area contributed by atoms with Crippen molar-refractivity contribution in [3.63, 3.8) is 0 Å². The van der Waals surface area contributed by atoms with E-state index in [4.69, 9.17) is 0 Å². The number of hydrogen-bond donors (Lipinski definition) is 2. The second kappa shape index (κ2) is 5.90. The van der Waals surface area contributed by atoms with Gasteiger partial charge in [-0.1, -0.05) is 0 Å². The third-order valence-corrected chi connectivity index (χ3v) is 5.54. The number of aryl methyl sites for hydroxylation is 1. The third-order valence-electron chi connectivity index (χ3n) is 2.82. The Kier molecular flexibility index (Phi) is 4.42. The van der Waals surface area contributed by atoms with Crippen molar-refractivity contribution < 1.29 is 8.42 Å². The summed E-state index contributed by atoms with van der Waals surface area (Å²) >= 11 is 1.59. The summed E-state index contributed by atoms with van der Waals surface area (Å²) in [4.78, 5) is 6.37. The van der Waals surface area contributed by atoms with Crippen molar-refractivity contribution in [2.24, 2.45) is 0 Å². The van der Waals surface area contributed by atoms with Crippen molar-refractivity contribution in [1.82, 2.24) is 9.71 Å². The minimum atomic E-state index is -3.55. The zero-order valence-corrected chi connectivity index (χ0v) is 13.2. The maximum absolute atomic E-state index is 12.3. The largest absolute Gasteiger partial charge is 0.373 e. The first-order chi connectivity index (χ1) is 9.42. The van der Waals surface area contributed by atoms with E-state index in [0.717, 1.165) is 9.75 Å². The monoisotopic (exact) mass is 311 g/mol. The van der Waals surface area contributed by atoms with Gasteiger partial charge in [-0.05, 0) is 32.0 Å². The molecule has 0 spiro atoms. The Morgan fingerprint density at radius 2 is 2.05 bits per heavy atom. The van der Waals surface area contributed by atoms with Crippen LogP contribution in [0, 0.1) is 6.92 Å². The molecule has 0 saturated heterocycles. The number of nitrogens with one attached hydrogen (secondary N) is 2. The lowest BCUT2D eigenvalue weighted by molar-refractivity contribution is 0.568. The molecule has 0 aromatic carbocycles. The predicted molar refractivity (Wildman–Crippen MR) is 81.6 cm³/mol. The van der Waals surface area contributed by atoms with Crippen LogP contribution in [0.4, 0.5) is 5.82 Å². The van der Waals surface area contributed by atoms with Crippen LogP contribution >= 0.6 is 11.3 Å². The number of sulfonamides is 1.